The number of carbonyl (C=O) groups excluding carboxylic acids is 2. The number of alkyl halides is 3. The largest absolute Gasteiger partial charge is 0.490 e. The molecule has 0 aliphatic rings. The van der Waals surface area contributed by atoms with Crippen LogP contribution >= 0.6 is 11.6 Å². The highest BCUT2D eigenvalue weighted by Gasteiger charge is 2.38. The molecule has 0 aliphatic heterocycles. The molecule has 0 saturated carbocycles. The van der Waals surface area contributed by atoms with Crippen molar-refractivity contribution in [1.82, 2.24) is 15.6 Å². The van der Waals surface area contributed by atoms with Gasteiger partial charge in [-0.15, -0.1) is 0 Å². The van der Waals surface area contributed by atoms with Gasteiger partial charge in [-0.3, -0.25) is 9.59 Å². The van der Waals surface area contributed by atoms with Crippen LogP contribution in [0.5, 0.6) is 0 Å². The second-order valence-corrected chi connectivity index (χ2v) is 8.72. The van der Waals surface area contributed by atoms with E-state index in [0.717, 1.165) is 11.1 Å². The third-order valence-electron chi connectivity index (χ3n) is 5.13. The quantitative estimate of drug-likeness (QED) is 0.196. The first-order valence-corrected chi connectivity index (χ1v) is 12.5. The van der Waals surface area contributed by atoms with Gasteiger partial charge in [-0.25, -0.2) is 14.6 Å². The third kappa shape index (κ3) is 12.6. The number of alkyl carbamates (subject to hydrolysis) is 1. The number of carbonyl (C=O) groups is 4. The number of hydrogen-bond acceptors (Lipinski definition) is 7. The van der Waals surface area contributed by atoms with Gasteiger partial charge in [0.05, 0.1) is 19.0 Å². The number of nitrogens with one attached hydrogen (secondary N) is 3. The van der Waals surface area contributed by atoms with E-state index in [-0.39, 0.29) is 19.6 Å². The average Bonchev–Trinajstić information content (AvgIpc) is 2.94. The standard InChI is InChI=1S/C25H25ClN4O5.C2HF3O2/c26-20-5-3-4-19(14-20)17-7-9-18(10-8-17)21(15-24(32)33)30-23(31)16-29-25(34)35-13-12-28-22-6-1-2-11-27-22;3-2(4,5)1(6)7/h1-11,14,21H,12-13,15-16H2,(H,27,28)(H,29,34)(H,30,31)(H,32,33);(H,6,7). The van der Waals surface area contributed by atoms with Gasteiger partial charge in [0.15, 0.2) is 0 Å². The van der Waals surface area contributed by atoms with Crippen LogP contribution in [0, 0.1) is 0 Å². The lowest BCUT2D eigenvalue weighted by atomic mass is 9.99. The maximum absolute atomic E-state index is 12.3. The first kappa shape index (κ1) is 33.4. The predicted molar refractivity (Wildman–Crippen MR) is 146 cm³/mol. The number of pyridine rings is 1. The van der Waals surface area contributed by atoms with Gasteiger partial charge < -0.3 is 30.9 Å². The minimum Gasteiger partial charge on any atom is -0.481 e. The molecule has 1 heterocycles. The highest BCUT2D eigenvalue weighted by molar-refractivity contribution is 6.30. The highest BCUT2D eigenvalue weighted by Crippen LogP contribution is 2.25. The monoisotopic (exact) mass is 610 g/mol. The zero-order valence-electron chi connectivity index (χ0n) is 21.7. The topological polar surface area (TPSA) is 167 Å². The molecule has 11 nitrogen and oxygen atoms in total. The van der Waals surface area contributed by atoms with Gasteiger partial charge in [0.2, 0.25) is 5.91 Å². The van der Waals surface area contributed by atoms with E-state index in [0.29, 0.717) is 22.9 Å². The van der Waals surface area contributed by atoms with E-state index < -0.39 is 36.2 Å². The Morgan fingerprint density at radius 3 is 2.21 bits per heavy atom. The van der Waals surface area contributed by atoms with E-state index >= 15 is 0 Å². The Kier molecular flexibility index (Phi) is 13.0. The molecule has 0 radical (unpaired) electrons. The van der Waals surface area contributed by atoms with Crippen molar-refractivity contribution in [3.8, 4) is 11.1 Å². The summed E-state index contributed by atoms with van der Waals surface area (Å²) in [5.41, 5.74) is 2.44. The summed E-state index contributed by atoms with van der Waals surface area (Å²) in [6, 6.07) is 19.1. The summed E-state index contributed by atoms with van der Waals surface area (Å²) in [6.07, 6.45) is -4.52. The van der Waals surface area contributed by atoms with Crippen LogP contribution in [0.3, 0.4) is 0 Å². The molecule has 0 aliphatic carbocycles. The van der Waals surface area contributed by atoms with E-state index in [4.69, 9.17) is 26.2 Å². The summed E-state index contributed by atoms with van der Waals surface area (Å²) in [5, 5.41) is 25.0. The Morgan fingerprint density at radius 1 is 0.952 bits per heavy atom. The molecule has 15 heteroatoms. The SMILES string of the molecule is O=C(O)C(F)(F)F.O=C(O)CC(NC(=O)CNC(=O)OCCNc1ccccn1)c1ccc(-c2cccc(Cl)c2)cc1. The minimum absolute atomic E-state index is 0.0740. The maximum Gasteiger partial charge on any atom is 0.490 e. The Morgan fingerprint density at radius 2 is 1.64 bits per heavy atom. The van der Waals surface area contributed by atoms with Crippen LogP contribution in [-0.2, 0) is 19.1 Å². The second-order valence-electron chi connectivity index (χ2n) is 8.28. The molecule has 0 fully saturated rings. The molecular weight excluding hydrogens is 585 g/mol. The number of carboxylic acids is 2. The summed E-state index contributed by atoms with van der Waals surface area (Å²) < 4.78 is 36.7. The van der Waals surface area contributed by atoms with Gasteiger partial charge in [-0.1, -0.05) is 54.1 Å². The molecule has 0 saturated heterocycles. The van der Waals surface area contributed by atoms with E-state index in [9.17, 15) is 32.7 Å². The molecule has 5 N–H and O–H groups in total. The van der Waals surface area contributed by atoms with Crippen molar-refractivity contribution in [1.29, 1.82) is 0 Å². The van der Waals surface area contributed by atoms with E-state index in [1.54, 1.807) is 36.5 Å². The molecule has 3 rings (SSSR count). The Labute approximate surface area is 242 Å². The number of aromatic nitrogens is 1. The first-order valence-electron chi connectivity index (χ1n) is 12.1. The third-order valence-corrected chi connectivity index (χ3v) is 5.36. The van der Waals surface area contributed by atoms with Crippen LogP contribution in [0.4, 0.5) is 23.8 Å². The zero-order valence-corrected chi connectivity index (χ0v) is 22.5. The zero-order chi connectivity index (χ0) is 31.1. The first-order chi connectivity index (χ1) is 19.8. The molecular formula is C27H26ClF3N4O7. The number of aliphatic carboxylic acids is 2. The molecule has 42 heavy (non-hydrogen) atoms. The molecule has 1 unspecified atom stereocenters. The summed E-state index contributed by atoms with van der Waals surface area (Å²) >= 11 is 6.05. The van der Waals surface area contributed by atoms with Crippen molar-refractivity contribution in [3.63, 3.8) is 0 Å². The second kappa shape index (κ2) is 16.4. The van der Waals surface area contributed by atoms with Crippen LogP contribution in [0.1, 0.15) is 18.0 Å². The normalized spacial score (nSPS) is 11.2. The van der Waals surface area contributed by atoms with E-state index in [1.807, 2.05) is 36.4 Å². The van der Waals surface area contributed by atoms with Crippen molar-refractivity contribution in [2.45, 2.75) is 18.6 Å². The number of nitrogens with zero attached hydrogens (tertiary/aromatic N) is 1. The number of amides is 2. The molecule has 1 atom stereocenters. The molecule has 2 aromatic carbocycles. The van der Waals surface area contributed by atoms with Crippen molar-refractivity contribution < 1.29 is 47.3 Å². The highest BCUT2D eigenvalue weighted by atomic mass is 35.5. The predicted octanol–water partition coefficient (Wildman–Crippen LogP) is 4.51. The van der Waals surface area contributed by atoms with Crippen LogP contribution in [0.25, 0.3) is 11.1 Å². The smallest absolute Gasteiger partial charge is 0.481 e. The summed E-state index contributed by atoms with van der Waals surface area (Å²) in [7, 11) is 0. The molecule has 0 bridgehead atoms. The molecule has 2 amide bonds. The number of benzene rings is 2. The molecule has 3 aromatic rings. The summed E-state index contributed by atoms with van der Waals surface area (Å²) in [5.74, 6) is -3.71. The fourth-order valence-electron chi connectivity index (χ4n) is 3.24. The lowest BCUT2D eigenvalue weighted by Gasteiger charge is -2.18. The number of ether oxygens (including phenoxy) is 1. The fraction of sp³-hybridized carbons (Fsp3) is 0.222. The van der Waals surface area contributed by atoms with Crippen molar-refractivity contribution in [2.75, 3.05) is 25.0 Å². The molecule has 224 valence electrons. The fourth-order valence-corrected chi connectivity index (χ4v) is 3.43. The van der Waals surface area contributed by atoms with Gasteiger partial charge in [0, 0.05) is 11.2 Å². The average molecular weight is 611 g/mol. The Hall–Kier alpha value is -4.85. The Bertz CT molecular complexity index is 1340. The van der Waals surface area contributed by atoms with Gasteiger partial charge >= 0.3 is 24.2 Å². The number of carboxylic acid groups (broad SMARTS) is 2. The molecule has 0 spiro atoms. The van der Waals surface area contributed by atoms with Gasteiger partial charge in [0.25, 0.3) is 0 Å². The number of hydrogen-bond donors (Lipinski definition) is 5. The van der Waals surface area contributed by atoms with Crippen LogP contribution in [-0.4, -0.2) is 65.0 Å². The number of halogens is 4. The number of anilines is 1. The number of rotatable bonds is 11. The van der Waals surface area contributed by atoms with Crippen molar-refractivity contribution >= 4 is 41.4 Å². The lowest BCUT2D eigenvalue weighted by molar-refractivity contribution is -0.192. The van der Waals surface area contributed by atoms with Gasteiger partial charge in [-0.2, -0.15) is 13.2 Å². The van der Waals surface area contributed by atoms with E-state index in [2.05, 4.69) is 20.9 Å². The lowest BCUT2D eigenvalue weighted by Crippen LogP contribution is -2.39. The summed E-state index contributed by atoms with van der Waals surface area (Å²) in [6.45, 7) is 0.0658. The van der Waals surface area contributed by atoms with Crippen molar-refractivity contribution in [2.24, 2.45) is 0 Å². The van der Waals surface area contributed by atoms with Crippen LogP contribution in [0.15, 0.2) is 72.9 Å². The van der Waals surface area contributed by atoms with Crippen LogP contribution < -0.4 is 16.0 Å². The van der Waals surface area contributed by atoms with E-state index in [1.165, 1.54) is 0 Å². The minimum atomic E-state index is -5.08. The summed E-state index contributed by atoms with van der Waals surface area (Å²) in [4.78, 5) is 48.5. The van der Waals surface area contributed by atoms with Crippen LogP contribution in [0.2, 0.25) is 5.02 Å². The van der Waals surface area contributed by atoms with Crippen molar-refractivity contribution in [3.05, 3.63) is 83.5 Å². The Balaban J connectivity index is 0.000000782. The van der Waals surface area contributed by atoms with Gasteiger partial charge in [-0.05, 0) is 41.0 Å². The maximum atomic E-state index is 12.3. The van der Waals surface area contributed by atoms with Gasteiger partial charge in [0.1, 0.15) is 19.0 Å². The molecule has 1 aromatic heterocycles.